The highest BCUT2D eigenvalue weighted by atomic mass is 35.5. The number of hydrogen-bond donors (Lipinski definition) is 0. The third-order valence-corrected chi connectivity index (χ3v) is 9.29. The molecule has 5 aromatic rings. The van der Waals surface area contributed by atoms with Gasteiger partial charge in [0.25, 0.3) is 5.56 Å². The molecule has 0 fully saturated rings. The number of fused-ring (bicyclic) bond motifs is 1. The van der Waals surface area contributed by atoms with Crippen molar-refractivity contribution in [3.63, 3.8) is 0 Å². The Bertz CT molecular complexity index is 2230. The van der Waals surface area contributed by atoms with E-state index in [0.29, 0.717) is 59.7 Å². The van der Waals surface area contributed by atoms with Crippen LogP contribution in [0.2, 0.25) is 5.02 Å². The lowest BCUT2D eigenvalue weighted by Crippen LogP contribution is -2.40. The molecular formula is C38H33ClN2O7S. The van der Waals surface area contributed by atoms with Gasteiger partial charge in [0.05, 0.1) is 49.8 Å². The summed E-state index contributed by atoms with van der Waals surface area (Å²) in [6.45, 7) is 2.06. The van der Waals surface area contributed by atoms with Gasteiger partial charge in [-0.1, -0.05) is 89.7 Å². The first kappa shape index (κ1) is 33.6. The molecule has 9 nitrogen and oxygen atoms in total. The van der Waals surface area contributed by atoms with E-state index in [1.165, 1.54) is 23.0 Å². The van der Waals surface area contributed by atoms with Crippen LogP contribution in [0.4, 0.5) is 0 Å². The number of carbonyl (C=O) groups is 1. The van der Waals surface area contributed by atoms with Gasteiger partial charge >= 0.3 is 5.97 Å². The van der Waals surface area contributed by atoms with Crippen molar-refractivity contribution in [1.82, 2.24) is 4.57 Å². The smallest absolute Gasteiger partial charge is 0.338 e. The number of carbonyl (C=O) groups excluding carboxylic acids is 1. The van der Waals surface area contributed by atoms with Gasteiger partial charge in [-0.3, -0.25) is 9.36 Å². The minimum absolute atomic E-state index is 0.139. The van der Waals surface area contributed by atoms with E-state index in [9.17, 15) is 9.59 Å². The summed E-state index contributed by atoms with van der Waals surface area (Å²) in [4.78, 5) is 33.7. The summed E-state index contributed by atoms with van der Waals surface area (Å²) in [5.41, 5.74) is 3.03. The Kier molecular flexibility index (Phi) is 10.2. The Balaban J connectivity index is 1.58. The zero-order valence-corrected chi connectivity index (χ0v) is 28.8. The number of thiazole rings is 1. The van der Waals surface area contributed by atoms with E-state index >= 15 is 0 Å². The summed E-state index contributed by atoms with van der Waals surface area (Å²) in [5.74, 6) is 1.31. The van der Waals surface area contributed by atoms with Crippen molar-refractivity contribution < 1.29 is 28.5 Å². The predicted molar refractivity (Wildman–Crippen MR) is 189 cm³/mol. The molecule has 1 aliphatic rings. The molecule has 0 aliphatic carbocycles. The Labute approximate surface area is 291 Å². The predicted octanol–water partition coefficient (Wildman–Crippen LogP) is 6.19. The molecule has 6 rings (SSSR count). The fourth-order valence-corrected chi connectivity index (χ4v) is 6.83. The van der Waals surface area contributed by atoms with E-state index in [1.807, 2.05) is 60.7 Å². The molecule has 49 heavy (non-hydrogen) atoms. The minimum atomic E-state index is -0.895. The molecule has 1 aromatic heterocycles. The average molecular weight is 697 g/mol. The van der Waals surface area contributed by atoms with Gasteiger partial charge in [-0.15, -0.1) is 0 Å². The Hall–Kier alpha value is -5.32. The van der Waals surface area contributed by atoms with Crippen LogP contribution in [0.15, 0.2) is 106 Å². The summed E-state index contributed by atoms with van der Waals surface area (Å²) in [7, 11) is 4.63. The lowest BCUT2D eigenvalue weighted by molar-refractivity contribution is -0.138. The molecule has 0 N–H and O–H groups in total. The summed E-state index contributed by atoms with van der Waals surface area (Å²) in [6.07, 6.45) is 1.75. The molecule has 0 amide bonds. The third-order valence-electron chi connectivity index (χ3n) is 7.94. The number of para-hydroxylation sites is 1. The number of methoxy groups -OCH3 is 3. The SMILES string of the molecule is CCOC(=O)C1=C(c2ccccc2)N=c2s/c(=C\c3cccc(OC)c3OCc3ccccc3Cl)c(=O)n2[C@H]1c1ccc(OC)c(OC)c1. The van der Waals surface area contributed by atoms with Crippen molar-refractivity contribution in [3.8, 4) is 23.0 Å². The molecule has 2 heterocycles. The minimum Gasteiger partial charge on any atom is -0.493 e. The van der Waals surface area contributed by atoms with Crippen molar-refractivity contribution in [2.24, 2.45) is 4.99 Å². The zero-order valence-electron chi connectivity index (χ0n) is 27.3. The molecule has 0 spiro atoms. The van der Waals surface area contributed by atoms with Crippen LogP contribution in [-0.2, 0) is 16.1 Å². The lowest BCUT2D eigenvalue weighted by Gasteiger charge is -2.26. The maximum Gasteiger partial charge on any atom is 0.338 e. The topological polar surface area (TPSA) is 97.6 Å². The third kappa shape index (κ3) is 6.70. The highest BCUT2D eigenvalue weighted by Gasteiger charge is 2.35. The van der Waals surface area contributed by atoms with Gasteiger partial charge in [-0.05, 0) is 42.8 Å². The number of ether oxygens (including phenoxy) is 5. The van der Waals surface area contributed by atoms with Crippen LogP contribution in [0.5, 0.6) is 23.0 Å². The molecule has 0 unspecified atom stereocenters. The van der Waals surface area contributed by atoms with Crippen LogP contribution in [-0.4, -0.2) is 38.5 Å². The van der Waals surface area contributed by atoms with Crippen LogP contribution < -0.4 is 33.8 Å². The van der Waals surface area contributed by atoms with Crippen LogP contribution in [0.1, 0.15) is 35.2 Å². The molecule has 0 saturated heterocycles. The second kappa shape index (κ2) is 14.8. The normalized spacial score (nSPS) is 14.1. The molecular weight excluding hydrogens is 664 g/mol. The molecule has 250 valence electrons. The second-order valence-electron chi connectivity index (χ2n) is 10.8. The van der Waals surface area contributed by atoms with Crippen molar-refractivity contribution in [3.05, 3.63) is 144 Å². The highest BCUT2D eigenvalue weighted by molar-refractivity contribution is 7.07. The molecule has 0 saturated carbocycles. The first-order chi connectivity index (χ1) is 23.9. The van der Waals surface area contributed by atoms with Gasteiger partial charge in [-0.2, -0.15) is 0 Å². The van der Waals surface area contributed by atoms with Crippen LogP contribution >= 0.6 is 22.9 Å². The number of benzene rings is 4. The molecule has 4 aromatic carbocycles. The van der Waals surface area contributed by atoms with Gasteiger partial charge in [0.15, 0.2) is 27.8 Å². The molecule has 0 radical (unpaired) electrons. The number of hydrogen-bond acceptors (Lipinski definition) is 9. The largest absolute Gasteiger partial charge is 0.493 e. The van der Waals surface area contributed by atoms with Crippen LogP contribution in [0, 0.1) is 0 Å². The quantitative estimate of drug-likeness (QED) is 0.152. The van der Waals surface area contributed by atoms with Gasteiger partial charge in [0.2, 0.25) is 0 Å². The number of halogens is 1. The van der Waals surface area contributed by atoms with E-state index in [4.69, 9.17) is 40.3 Å². The first-order valence-corrected chi connectivity index (χ1v) is 16.6. The van der Waals surface area contributed by atoms with E-state index in [2.05, 4.69) is 0 Å². The lowest BCUT2D eigenvalue weighted by atomic mass is 9.93. The molecule has 1 atom stereocenters. The first-order valence-electron chi connectivity index (χ1n) is 15.4. The van der Waals surface area contributed by atoms with Gasteiger partial charge in [0.1, 0.15) is 6.61 Å². The van der Waals surface area contributed by atoms with Crippen LogP contribution in [0.3, 0.4) is 0 Å². The number of aromatic nitrogens is 1. The summed E-state index contributed by atoms with van der Waals surface area (Å²) < 4.78 is 30.5. The number of rotatable bonds is 11. The van der Waals surface area contributed by atoms with Crippen molar-refractivity contribution in [2.45, 2.75) is 19.6 Å². The van der Waals surface area contributed by atoms with E-state index in [0.717, 1.165) is 5.56 Å². The Morgan fingerprint density at radius 3 is 2.35 bits per heavy atom. The second-order valence-corrected chi connectivity index (χ2v) is 12.2. The Morgan fingerprint density at radius 2 is 1.63 bits per heavy atom. The summed E-state index contributed by atoms with van der Waals surface area (Å²) in [6, 6.07) is 26.7. The standard InChI is InChI=1S/C38H33ClN2O7S/c1-5-47-37(43)32-33(23-12-7-6-8-13-23)40-38-41(34(32)24-18-19-28(44-2)30(20-24)46-4)36(42)31(49-38)21-25-15-11-17-29(45-3)35(25)48-22-26-14-9-10-16-27(26)39/h6-21,34H,5,22H2,1-4H3/b31-21-/t34-/m0/s1. The maximum absolute atomic E-state index is 14.5. The van der Waals surface area contributed by atoms with Crippen molar-refractivity contribution >= 4 is 40.7 Å². The Morgan fingerprint density at radius 1 is 0.898 bits per heavy atom. The molecule has 0 bridgehead atoms. The zero-order chi connectivity index (χ0) is 34.5. The monoisotopic (exact) mass is 696 g/mol. The van der Waals surface area contributed by atoms with Gasteiger partial charge in [0, 0.05) is 21.7 Å². The van der Waals surface area contributed by atoms with Gasteiger partial charge < -0.3 is 23.7 Å². The fraction of sp³-hybridized carbons (Fsp3) is 0.184. The van der Waals surface area contributed by atoms with E-state index in [1.54, 1.807) is 57.6 Å². The van der Waals surface area contributed by atoms with Gasteiger partial charge in [-0.25, -0.2) is 9.79 Å². The fourth-order valence-electron chi connectivity index (χ4n) is 5.65. The number of nitrogens with zero attached hydrogens (tertiary/aromatic N) is 2. The van der Waals surface area contributed by atoms with Crippen LogP contribution in [0.25, 0.3) is 11.8 Å². The molecule has 1 aliphatic heterocycles. The number of esters is 1. The van der Waals surface area contributed by atoms with E-state index in [-0.39, 0.29) is 24.3 Å². The van der Waals surface area contributed by atoms with Crippen molar-refractivity contribution in [1.29, 1.82) is 0 Å². The van der Waals surface area contributed by atoms with E-state index < -0.39 is 12.0 Å². The maximum atomic E-state index is 14.5. The van der Waals surface area contributed by atoms with Crippen molar-refractivity contribution in [2.75, 3.05) is 27.9 Å². The highest BCUT2D eigenvalue weighted by Crippen LogP contribution is 2.39. The summed E-state index contributed by atoms with van der Waals surface area (Å²) in [5, 5.41) is 0.578. The summed E-state index contributed by atoms with van der Waals surface area (Å²) >= 11 is 7.60. The average Bonchev–Trinajstić information content (AvgIpc) is 3.44. The molecule has 11 heteroatoms.